The second-order valence-corrected chi connectivity index (χ2v) is 9.06. The molecule has 10 nitrogen and oxygen atoms in total. The standard InChI is InChI=1S/C23H22N5O5P/c1-3-32-34(31,33-4-2)21-14-17(28(29)30)11-12-20(21)26-23-18-9-5-6-10-19(18)25-22(27-23)16-8-7-13-24-15-16/h5-15H,3-4H2,1-2H3,(H,25,26,27). The molecule has 2 aromatic carbocycles. The fraction of sp³-hybridized carbons (Fsp3) is 0.174. The Morgan fingerprint density at radius 2 is 1.79 bits per heavy atom. The summed E-state index contributed by atoms with van der Waals surface area (Å²) in [6.45, 7) is 3.55. The number of fused-ring (bicyclic) bond motifs is 1. The fourth-order valence-corrected chi connectivity index (χ4v) is 5.15. The summed E-state index contributed by atoms with van der Waals surface area (Å²) in [4.78, 5) is 24.3. The Balaban J connectivity index is 1.89. The molecule has 0 bridgehead atoms. The molecular weight excluding hydrogens is 457 g/mol. The molecule has 0 atom stereocenters. The van der Waals surface area contributed by atoms with Crippen molar-refractivity contribution in [3.63, 3.8) is 0 Å². The minimum Gasteiger partial charge on any atom is -0.339 e. The Morgan fingerprint density at radius 1 is 1.03 bits per heavy atom. The zero-order valence-corrected chi connectivity index (χ0v) is 19.4. The van der Waals surface area contributed by atoms with E-state index in [2.05, 4.69) is 20.3 Å². The third kappa shape index (κ3) is 4.79. The van der Waals surface area contributed by atoms with Gasteiger partial charge in [-0.25, -0.2) is 9.97 Å². The summed E-state index contributed by atoms with van der Waals surface area (Å²) in [6, 6.07) is 15.0. The first-order valence-electron chi connectivity index (χ1n) is 10.6. The summed E-state index contributed by atoms with van der Waals surface area (Å²) < 4.78 is 24.6. The molecule has 0 spiro atoms. The lowest BCUT2D eigenvalue weighted by molar-refractivity contribution is -0.384. The van der Waals surface area contributed by atoms with Gasteiger partial charge in [0.05, 0.1) is 34.6 Å². The summed E-state index contributed by atoms with van der Waals surface area (Å²) in [5.74, 6) is 0.870. The van der Waals surface area contributed by atoms with Gasteiger partial charge in [0.25, 0.3) is 5.69 Å². The number of anilines is 2. The molecule has 4 rings (SSSR count). The molecule has 0 saturated heterocycles. The van der Waals surface area contributed by atoms with Crippen LogP contribution >= 0.6 is 7.60 Å². The van der Waals surface area contributed by atoms with Gasteiger partial charge in [-0.05, 0) is 44.2 Å². The first kappa shape index (κ1) is 23.4. The Bertz CT molecular complexity index is 1370. The van der Waals surface area contributed by atoms with Crippen LogP contribution in [0.1, 0.15) is 13.8 Å². The predicted molar refractivity (Wildman–Crippen MR) is 130 cm³/mol. The second-order valence-electron chi connectivity index (χ2n) is 7.07. The van der Waals surface area contributed by atoms with Crippen molar-refractivity contribution in [3.05, 3.63) is 77.1 Å². The highest BCUT2D eigenvalue weighted by Crippen LogP contribution is 2.49. The largest absolute Gasteiger partial charge is 0.363 e. The number of non-ortho nitro benzene ring substituents is 1. The third-order valence-electron chi connectivity index (χ3n) is 4.86. The minimum atomic E-state index is -3.86. The van der Waals surface area contributed by atoms with Crippen LogP contribution in [0.2, 0.25) is 0 Å². The smallest absolute Gasteiger partial charge is 0.339 e. The van der Waals surface area contributed by atoms with Crippen molar-refractivity contribution >= 4 is 41.0 Å². The maximum absolute atomic E-state index is 13.6. The highest BCUT2D eigenvalue weighted by Gasteiger charge is 2.32. The van der Waals surface area contributed by atoms with Crippen LogP contribution in [-0.2, 0) is 13.6 Å². The molecule has 4 aromatic rings. The highest BCUT2D eigenvalue weighted by molar-refractivity contribution is 7.62. The zero-order chi connectivity index (χ0) is 24.1. The van der Waals surface area contributed by atoms with E-state index in [1.54, 1.807) is 32.3 Å². The molecule has 0 unspecified atom stereocenters. The van der Waals surface area contributed by atoms with E-state index in [1.165, 1.54) is 18.2 Å². The number of nitro groups is 1. The van der Waals surface area contributed by atoms with E-state index in [4.69, 9.17) is 9.05 Å². The molecule has 0 aliphatic heterocycles. The Labute approximate surface area is 195 Å². The number of para-hydroxylation sites is 1. The third-order valence-corrected chi connectivity index (χ3v) is 7.02. The van der Waals surface area contributed by atoms with Gasteiger partial charge in [-0.3, -0.25) is 19.7 Å². The number of aromatic nitrogens is 3. The van der Waals surface area contributed by atoms with E-state index < -0.39 is 12.5 Å². The maximum atomic E-state index is 13.6. The van der Waals surface area contributed by atoms with Gasteiger partial charge in [-0.15, -0.1) is 0 Å². The van der Waals surface area contributed by atoms with Gasteiger partial charge in [0.1, 0.15) is 5.82 Å². The number of pyridine rings is 1. The van der Waals surface area contributed by atoms with Crippen LogP contribution in [-0.4, -0.2) is 33.1 Å². The lowest BCUT2D eigenvalue weighted by Gasteiger charge is -2.21. The van der Waals surface area contributed by atoms with Crippen molar-refractivity contribution in [3.8, 4) is 11.4 Å². The average Bonchev–Trinajstić information content (AvgIpc) is 2.85. The molecule has 174 valence electrons. The summed E-state index contributed by atoms with van der Waals surface area (Å²) >= 11 is 0. The lowest BCUT2D eigenvalue weighted by atomic mass is 10.2. The summed E-state index contributed by atoms with van der Waals surface area (Å²) in [5.41, 5.74) is 1.48. The maximum Gasteiger partial charge on any atom is 0.363 e. The van der Waals surface area contributed by atoms with Crippen LogP contribution in [0.3, 0.4) is 0 Å². The van der Waals surface area contributed by atoms with E-state index in [0.717, 1.165) is 5.56 Å². The fourth-order valence-electron chi connectivity index (χ4n) is 3.41. The van der Waals surface area contributed by atoms with Crippen LogP contribution in [0.5, 0.6) is 0 Å². The number of nitro benzene ring substituents is 1. The minimum absolute atomic E-state index is 0.0519. The number of rotatable bonds is 9. The Hall–Kier alpha value is -3.72. The molecule has 0 fully saturated rings. The molecule has 0 amide bonds. The van der Waals surface area contributed by atoms with Crippen LogP contribution in [0.25, 0.3) is 22.3 Å². The zero-order valence-electron chi connectivity index (χ0n) is 18.5. The molecule has 0 saturated carbocycles. The molecule has 11 heteroatoms. The van der Waals surface area contributed by atoms with Crippen molar-refractivity contribution in [1.29, 1.82) is 0 Å². The topological polar surface area (TPSA) is 129 Å². The van der Waals surface area contributed by atoms with E-state index >= 15 is 0 Å². The second kappa shape index (κ2) is 10.0. The van der Waals surface area contributed by atoms with Gasteiger partial charge in [0.2, 0.25) is 0 Å². The van der Waals surface area contributed by atoms with Crippen molar-refractivity contribution < 1.29 is 18.5 Å². The molecule has 0 radical (unpaired) electrons. The molecule has 2 aromatic heterocycles. The van der Waals surface area contributed by atoms with Gasteiger partial charge >= 0.3 is 7.60 Å². The summed E-state index contributed by atoms with van der Waals surface area (Å²) in [5, 5.41) is 15.4. The van der Waals surface area contributed by atoms with E-state index in [0.29, 0.717) is 28.2 Å². The number of hydrogen-bond donors (Lipinski definition) is 1. The molecular formula is C23H22N5O5P. The highest BCUT2D eigenvalue weighted by atomic mass is 31.2. The number of nitrogens with one attached hydrogen (secondary N) is 1. The Morgan fingerprint density at radius 3 is 2.47 bits per heavy atom. The van der Waals surface area contributed by atoms with E-state index in [9.17, 15) is 14.7 Å². The molecule has 0 aliphatic rings. The Kier molecular flexibility index (Phi) is 6.93. The van der Waals surface area contributed by atoms with Crippen molar-refractivity contribution in [1.82, 2.24) is 15.0 Å². The lowest BCUT2D eigenvalue weighted by Crippen LogP contribution is -2.16. The van der Waals surface area contributed by atoms with Gasteiger partial charge in [-0.2, -0.15) is 0 Å². The van der Waals surface area contributed by atoms with Crippen LogP contribution < -0.4 is 10.6 Å². The van der Waals surface area contributed by atoms with Crippen molar-refractivity contribution in [2.75, 3.05) is 18.5 Å². The molecule has 34 heavy (non-hydrogen) atoms. The van der Waals surface area contributed by atoms with Crippen LogP contribution in [0.4, 0.5) is 17.2 Å². The van der Waals surface area contributed by atoms with Crippen LogP contribution in [0, 0.1) is 10.1 Å². The predicted octanol–water partition coefficient (Wildman–Crippen LogP) is 5.24. The average molecular weight is 479 g/mol. The van der Waals surface area contributed by atoms with Gasteiger partial charge in [0.15, 0.2) is 5.82 Å². The molecule has 2 heterocycles. The van der Waals surface area contributed by atoms with E-state index in [1.807, 2.05) is 30.3 Å². The molecule has 1 N–H and O–H groups in total. The van der Waals surface area contributed by atoms with Crippen molar-refractivity contribution in [2.24, 2.45) is 0 Å². The first-order chi connectivity index (χ1) is 16.4. The number of benzene rings is 2. The SMILES string of the molecule is CCOP(=O)(OCC)c1cc([N+](=O)[O-])ccc1Nc1nc(-c2cccnc2)nc2ccccc12. The first-order valence-corrected chi connectivity index (χ1v) is 12.1. The normalized spacial score (nSPS) is 11.5. The van der Waals surface area contributed by atoms with Crippen LogP contribution in [0.15, 0.2) is 67.0 Å². The molecule has 0 aliphatic carbocycles. The van der Waals surface area contributed by atoms with Gasteiger partial charge in [0, 0.05) is 35.5 Å². The number of hydrogen-bond acceptors (Lipinski definition) is 9. The summed E-state index contributed by atoms with van der Waals surface area (Å²) in [7, 11) is -3.86. The number of nitrogens with zero attached hydrogens (tertiary/aromatic N) is 4. The van der Waals surface area contributed by atoms with Gasteiger partial charge in [-0.1, -0.05) is 12.1 Å². The monoisotopic (exact) mass is 479 g/mol. The van der Waals surface area contributed by atoms with Gasteiger partial charge < -0.3 is 14.4 Å². The van der Waals surface area contributed by atoms with Crippen molar-refractivity contribution in [2.45, 2.75) is 13.8 Å². The van der Waals surface area contributed by atoms with E-state index in [-0.39, 0.29) is 24.2 Å². The quantitative estimate of drug-likeness (QED) is 0.195. The summed E-state index contributed by atoms with van der Waals surface area (Å²) in [6.07, 6.45) is 3.31.